The zero-order valence-corrected chi connectivity index (χ0v) is 16.2. The number of unbranched alkanes of at least 4 members (excludes halogenated alkanes) is 5. The van der Waals surface area contributed by atoms with Gasteiger partial charge in [-0.1, -0.05) is 74.4 Å². The Morgan fingerprint density at radius 2 is 1.16 bits per heavy atom. The average molecular weight is 345 g/mol. The molecule has 2 nitrogen and oxygen atoms in total. The number of allylic oxidation sites excluding steroid dienone is 9. The fourth-order valence-corrected chi connectivity index (χ4v) is 2.16. The molecule has 0 aliphatic rings. The molecule has 0 aromatic carbocycles. The van der Waals surface area contributed by atoms with Crippen LogP contribution in [0.5, 0.6) is 0 Å². The highest BCUT2D eigenvalue weighted by molar-refractivity contribution is 5.81. The molecule has 0 aliphatic heterocycles. The van der Waals surface area contributed by atoms with Gasteiger partial charge in [0.1, 0.15) is 0 Å². The molecule has 0 heterocycles. The van der Waals surface area contributed by atoms with E-state index in [1.54, 1.807) is 0 Å². The van der Waals surface area contributed by atoms with Crippen molar-refractivity contribution in [3.05, 3.63) is 60.8 Å². The van der Waals surface area contributed by atoms with Gasteiger partial charge in [-0.2, -0.15) is 0 Å². The first-order valence-electron chi connectivity index (χ1n) is 9.65. The number of esters is 1. The summed E-state index contributed by atoms with van der Waals surface area (Å²) >= 11 is 0. The van der Waals surface area contributed by atoms with Crippen molar-refractivity contribution < 1.29 is 9.53 Å². The lowest BCUT2D eigenvalue weighted by molar-refractivity contribution is -0.134. The quantitative estimate of drug-likeness (QED) is 0.140. The summed E-state index contributed by atoms with van der Waals surface area (Å²) < 4.78 is 4.53. The van der Waals surface area contributed by atoms with Crippen LogP contribution in [0.2, 0.25) is 0 Å². The zero-order chi connectivity index (χ0) is 18.4. The van der Waals surface area contributed by atoms with E-state index in [2.05, 4.69) is 60.3 Å². The average Bonchev–Trinajstić information content (AvgIpc) is 2.63. The monoisotopic (exact) mass is 344 g/mol. The predicted molar refractivity (Wildman–Crippen MR) is 110 cm³/mol. The van der Waals surface area contributed by atoms with E-state index >= 15 is 0 Å². The Labute approximate surface area is 155 Å². The van der Waals surface area contributed by atoms with E-state index in [1.807, 2.05) is 6.08 Å². The second-order valence-electron chi connectivity index (χ2n) is 5.94. The summed E-state index contributed by atoms with van der Waals surface area (Å²) in [7, 11) is 1.39. The van der Waals surface area contributed by atoms with E-state index < -0.39 is 0 Å². The van der Waals surface area contributed by atoms with Crippen molar-refractivity contribution in [2.24, 2.45) is 0 Å². The maximum atomic E-state index is 10.9. The minimum atomic E-state index is -0.280. The van der Waals surface area contributed by atoms with Crippen LogP contribution in [0.25, 0.3) is 0 Å². The van der Waals surface area contributed by atoms with Crippen molar-refractivity contribution in [2.75, 3.05) is 7.11 Å². The first-order chi connectivity index (χ1) is 12.3. The van der Waals surface area contributed by atoms with Crippen molar-refractivity contribution in [1.29, 1.82) is 0 Å². The Bertz CT molecular complexity index is 439. The number of carbonyl (C=O) groups excluding carboxylic acids is 1. The third-order valence-electron chi connectivity index (χ3n) is 3.65. The van der Waals surface area contributed by atoms with Crippen LogP contribution in [0.3, 0.4) is 0 Å². The molecule has 0 spiro atoms. The van der Waals surface area contributed by atoms with Crippen LogP contribution in [-0.4, -0.2) is 13.1 Å². The highest BCUT2D eigenvalue weighted by Crippen LogP contribution is 2.01. The summed E-state index contributed by atoms with van der Waals surface area (Å²) in [6.07, 6.45) is 32.4. The van der Waals surface area contributed by atoms with E-state index in [9.17, 15) is 4.79 Å². The van der Waals surface area contributed by atoms with Crippen molar-refractivity contribution >= 4 is 5.97 Å². The normalized spacial score (nSPS) is 12.6. The summed E-state index contributed by atoms with van der Waals surface area (Å²) in [5, 5.41) is 0. The van der Waals surface area contributed by atoms with Gasteiger partial charge in [-0.25, -0.2) is 4.79 Å². The maximum absolute atomic E-state index is 10.9. The molecule has 0 unspecified atom stereocenters. The molecule has 0 saturated heterocycles. The highest BCUT2D eigenvalue weighted by Gasteiger charge is 1.88. The Hall–Kier alpha value is -1.83. The molecular formula is C23H36O2. The Kier molecular flexibility index (Phi) is 18.7. The fourth-order valence-electron chi connectivity index (χ4n) is 2.16. The van der Waals surface area contributed by atoms with Crippen LogP contribution >= 0.6 is 0 Å². The molecule has 0 bridgehead atoms. The molecule has 25 heavy (non-hydrogen) atoms. The van der Waals surface area contributed by atoms with E-state index in [0.29, 0.717) is 0 Å². The second-order valence-corrected chi connectivity index (χ2v) is 5.94. The summed E-state index contributed by atoms with van der Waals surface area (Å²) in [4.78, 5) is 10.9. The van der Waals surface area contributed by atoms with Gasteiger partial charge in [0.05, 0.1) is 7.11 Å². The van der Waals surface area contributed by atoms with Gasteiger partial charge >= 0.3 is 5.97 Å². The van der Waals surface area contributed by atoms with Crippen LogP contribution in [0.15, 0.2) is 60.8 Å². The number of hydrogen-bond acceptors (Lipinski definition) is 2. The molecule has 0 aromatic rings. The lowest BCUT2D eigenvalue weighted by atomic mass is 10.2. The molecule has 0 radical (unpaired) electrons. The van der Waals surface area contributed by atoms with Crippen molar-refractivity contribution in [3.63, 3.8) is 0 Å². The van der Waals surface area contributed by atoms with Gasteiger partial charge in [0.2, 0.25) is 0 Å². The number of ether oxygens (including phenoxy) is 1. The van der Waals surface area contributed by atoms with Gasteiger partial charge in [-0.3, -0.25) is 0 Å². The zero-order valence-electron chi connectivity index (χ0n) is 16.2. The van der Waals surface area contributed by atoms with E-state index in [-0.39, 0.29) is 5.97 Å². The van der Waals surface area contributed by atoms with Crippen molar-refractivity contribution in [3.8, 4) is 0 Å². The third-order valence-corrected chi connectivity index (χ3v) is 3.65. The standard InChI is InChI=1S/C23H36O2/c1-3-4-5-6-7-8-9-10-11-12-13-14-15-16-17-18-19-20-21-22-23(24)25-2/h7-8,10-11,13-14,16-17,21-22H,3-6,9,12,15,18-20H2,1-2H3. The molecule has 0 N–H and O–H groups in total. The van der Waals surface area contributed by atoms with Gasteiger partial charge in [0, 0.05) is 6.08 Å². The molecule has 0 amide bonds. The fraction of sp³-hybridized carbons (Fsp3) is 0.522. The summed E-state index contributed by atoms with van der Waals surface area (Å²) in [5.41, 5.74) is 0. The molecule has 0 aliphatic carbocycles. The summed E-state index contributed by atoms with van der Waals surface area (Å²) in [6.45, 7) is 2.24. The van der Waals surface area contributed by atoms with Crippen LogP contribution < -0.4 is 0 Å². The number of hydrogen-bond donors (Lipinski definition) is 0. The Morgan fingerprint density at radius 3 is 1.68 bits per heavy atom. The molecule has 140 valence electrons. The van der Waals surface area contributed by atoms with Gasteiger partial charge < -0.3 is 4.74 Å². The molecule has 0 fully saturated rings. The van der Waals surface area contributed by atoms with Crippen LogP contribution in [0, 0.1) is 0 Å². The number of rotatable bonds is 15. The molecule has 0 aromatic heterocycles. The van der Waals surface area contributed by atoms with Crippen molar-refractivity contribution in [1.82, 2.24) is 0 Å². The molecule has 0 atom stereocenters. The summed E-state index contributed by atoms with van der Waals surface area (Å²) in [5.74, 6) is -0.280. The lowest BCUT2D eigenvalue weighted by Gasteiger charge is -1.91. The lowest BCUT2D eigenvalue weighted by Crippen LogP contribution is -1.93. The molecule has 0 saturated carbocycles. The van der Waals surface area contributed by atoms with E-state index in [1.165, 1.54) is 38.9 Å². The first-order valence-corrected chi connectivity index (χ1v) is 9.65. The predicted octanol–water partition coefficient (Wildman–Crippen LogP) is 6.86. The molecule has 0 rings (SSSR count). The molecule has 2 heteroatoms. The van der Waals surface area contributed by atoms with Crippen LogP contribution in [-0.2, 0) is 9.53 Å². The topological polar surface area (TPSA) is 26.3 Å². The largest absolute Gasteiger partial charge is 0.466 e. The second kappa shape index (κ2) is 20.2. The number of carbonyl (C=O) groups is 1. The van der Waals surface area contributed by atoms with E-state index in [4.69, 9.17) is 0 Å². The van der Waals surface area contributed by atoms with Gasteiger partial charge in [-0.15, -0.1) is 0 Å². The van der Waals surface area contributed by atoms with Gasteiger partial charge in [0.25, 0.3) is 0 Å². The highest BCUT2D eigenvalue weighted by atomic mass is 16.5. The molecular weight excluding hydrogens is 308 g/mol. The van der Waals surface area contributed by atoms with Crippen molar-refractivity contribution in [2.45, 2.75) is 71.1 Å². The van der Waals surface area contributed by atoms with Gasteiger partial charge in [-0.05, 0) is 51.4 Å². The Balaban J connectivity index is 3.46. The van der Waals surface area contributed by atoms with Crippen LogP contribution in [0.1, 0.15) is 71.1 Å². The third kappa shape index (κ3) is 20.1. The number of methoxy groups -OCH3 is 1. The Morgan fingerprint density at radius 1 is 0.680 bits per heavy atom. The van der Waals surface area contributed by atoms with E-state index in [0.717, 1.165) is 38.5 Å². The smallest absolute Gasteiger partial charge is 0.330 e. The first kappa shape index (κ1) is 23.2. The maximum Gasteiger partial charge on any atom is 0.330 e. The minimum Gasteiger partial charge on any atom is -0.466 e. The van der Waals surface area contributed by atoms with Crippen LogP contribution in [0.4, 0.5) is 0 Å². The SMILES string of the molecule is CCCCCC=CCC=CCC=CCC=CCCCC=CC(=O)OC. The van der Waals surface area contributed by atoms with Gasteiger partial charge in [0.15, 0.2) is 0 Å². The summed E-state index contributed by atoms with van der Waals surface area (Å²) in [6, 6.07) is 0. The minimum absolute atomic E-state index is 0.280.